The lowest BCUT2D eigenvalue weighted by atomic mass is 9.98. The van der Waals surface area contributed by atoms with Gasteiger partial charge in [0, 0.05) is 0 Å². The zero-order valence-corrected chi connectivity index (χ0v) is 12.5. The van der Waals surface area contributed by atoms with E-state index in [-0.39, 0.29) is 12.0 Å². The fourth-order valence-corrected chi connectivity index (χ4v) is 2.69. The van der Waals surface area contributed by atoms with Gasteiger partial charge in [-0.25, -0.2) is 4.79 Å². The van der Waals surface area contributed by atoms with Crippen LogP contribution in [0.15, 0.2) is 69.9 Å². The smallest absolute Gasteiger partial charge is 0.423 e. The van der Waals surface area contributed by atoms with E-state index >= 15 is 0 Å². The van der Waals surface area contributed by atoms with Gasteiger partial charge in [0.15, 0.2) is 0 Å². The molecule has 0 aliphatic heterocycles. The Balaban J connectivity index is 2.24. The lowest BCUT2D eigenvalue weighted by Gasteiger charge is -2.19. The molecular formula is C18H17NO3. The van der Waals surface area contributed by atoms with E-state index in [4.69, 9.17) is 9.15 Å². The van der Waals surface area contributed by atoms with E-state index in [0.29, 0.717) is 5.69 Å². The van der Waals surface area contributed by atoms with Crippen LogP contribution in [0.3, 0.4) is 0 Å². The van der Waals surface area contributed by atoms with E-state index in [2.05, 4.69) is 0 Å². The third kappa shape index (κ3) is 2.44. The molecule has 0 atom stereocenters. The van der Waals surface area contributed by atoms with Crippen LogP contribution < -0.4 is 10.5 Å². The van der Waals surface area contributed by atoms with Crippen molar-refractivity contribution in [3.05, 3.63) is 88.0 Å². The summed E-state index contributed by atoms with van der Waals surface area (Å²) in [4.78, 5) is 12.3. The first kappa shape index (κ1) is 14.2. The Kier molecular flexibility index (Phi) is 3.83. The van der Waals surface area contributed by atoms with E-state index in [1.54, 1.807) is 4.57 Å². The van der Waals surface area contributed by atoms with Crippen molar-refractivity contribution < 1.29 is 9.15 Å². The number of benzene rings is 2. The van der Waals surface area contributed by atoms with Gasteiger partial charge in [0.05, 0.1) is 13.2 Å². The van der Waals surface area contributed by atoms with Crippen molar-refractivity contribution in [3.8, 4) is 5.95 Å². The second-order valence-electron chi connectivity index (χ2n) is 5.04. The highest BCUT2D eigenvalue weighted by molar-refractivity contribution is 5.34. The first-order valence-corrected chi connectivity index (χ1v) is 7.08. The standard InChI is InChI=1S/C18H17NO3/c1-13-17(21-2)22-18(20)19(13)16(14-9-5-3-6-10-14)15-11-7-4-8-12-15/h3-12,16H,1-2H3. The lowest BCUT2D eigenvalue weighted by Crippen LogP contribution is -2.23. The molecule has 3 rings (SSSR count). The molecule has 4 nitrogen and oxygen atoms in total. The summed E-state index contributed by atoms with van der Waals surface area (Å²) in [5, 5.41) is 0. The molecule has 3 aromatic rings. The third-order valence-electron chi connectivity index (χ3n) is 3.71. The van der Waals surface area contributed by atoms with Crippen LogP contribution in [0.1, 0.15) is 22.9 Å². The number of oxazole rings is 1. The third-order valence-corrected chi connectivity index (χ3v) is 3.71. The first-order chi connectivity index (χ1) is 10.7. The van der Waals surface area contributed by atoms with Crippen molar-refractivity contribution in [2.75, 3.05) is 7.11 Å². The molecular weight excluding hydrogens is 278 g/mol. The zero-order chi connectivity index (χ0) is 15.5. The average Bonchev–Trinajstić information content (AvgIpc) is 2.85. The molecule has 1 heterocycles. The molecule has 0 amide bonds. The number of aromatic nitrogens is 1. The van der Waals surface area contributed by atoms with Crippen molar-refractivity contribution >= 4 is 0 Å². The van der Waals surface area contributed by atoms with Crippen LogP contribution in [0, 0.1) is 6.92 Å². The van der Waals surface area contributed by atoms with Crippen LogP contribution in [0.25, 0.3) is 0 Å². The van der Waals surface area contributed by atoms with Gasteiger partial charge in [-0.1, -0.05) is 60.7 Å². The fourth-order valence-electron chi connectivity index (χ4n) is 2.69. The molecule has 0 saturated carbocycles. The lowest BCUT2D eigenvalue weighted by molar-refractivity contribution is 0.291. The molecule has 0 saturated heterocycles. The van der Waals surface area contributed by atoms with Crippen molar-refractivity contribution in [2.45, 2.75) is 13.0 Å². The van der Waals surface area contributed by atoms with Crippen molar-refractivity contribution in [1.82, 2.24) is 4.57 Å². The molecule has 22 heavy (non-hydrogen) atoms. The van der Waals surface area contributed by atoms with Gasteiger partial charge in [-0.2, -0.15) is 0 Å². The van der Waals surface area contributed by atoms with E-state index < -0.39 is 5.76 Å². The van der Waals surface area contributed by atoms with Crippen LogP contribution >= 0.6 is 0 Å². The first-order valence-electron chi connectivity index (χ1n) is 7.08. The summed E-state index contributed by atoms with van der Waals surface area (Å²) < 4.78 is 12.0. The molecule has 0 bridgehead atoms. The minimum absolute atomic E-state index is 0.248. The summed E-state index contributed by atoms with van der Waals surface area (Å²) >= 11 is 0. The highest BCUT2D eigenvalue weighted by Gasteiger charge is 2.24. The number of hydrogen-bond acceptors (Lipinski definition) is 3. The van der Waals surface area contributed by atoms with Crippen LogP contribution in [-0.4, -0.2) is 11.7 Å². The fraction of sp³-hybridized carbons (Fsp3) is 0.167. The minimum Gasteiger partial charge on any atom is -0.467 e. The van der Waals surface area contributed by atoms with Gasteiger partial charge in [0.25, 0.3) is 0 Å². The summed E-state index contributed by atoms with van der Waals surface area (Å²) in [5.74, 6) is -0.172. The molecule has 0 N–H and O–H groups in total. The molecule has 2 aromatic carbocycles. The second kappa shape index (κ2) is 5.93. The summed E-state index contributed by atoms with van der Waals surface area (Å²) in [6.45, 7) is 1.82. The number of nitrogens with zero attached hydrogens (tertiary/aromatic N) is 1. The Labute approximate surface area is 128 Å². The quantitative estimate of drug-likeness (QED) is 0.741. The molecule has 0 aliphatic carbocycles. The second-order valence-corrected chi connectivity index (χ2v) is 5.04. The Morgan fingerprint density at radius 1 is 0.955 bits per heavy atom. The normalized spacial score (nSPS) is 10.9. The maximum absolute atomic E-state index is 12.3. The maximum atomic E-state index is 12.3. The SMILES string of the molecule is COc1oc(=O)n(C(c2ccccc2)c2ccccc2)c1C. The van der Waals surface area contributed by atoms with E-state index in [1.807, 2.05) is 67.6 Å². The predicted molar refractivity (Wildman–Crippen MR) is 84.4 cm³/mol. The summed E-state index contributed by atoms with van der Waals surface area (Å²) in [5.41, 5.74) is 2.70. The van der Waals surface area contributed by atoms with E-state index in [1.165, 1.54) is 7.11 Å². The Morgan fingerprint density at radius 2 is 1.45 bits per heavy atom. The van der Waals surface area contributed by atoms with Gasteiger partial charge < -0.3 is 9.15 Å². The highest BCUT2D eigenvalue weighted by Crippen LogP contribution is 2.29. The molecule has 0 fully saturated rings. The van der Waals surface area contributed by atoms with Gasteiger partial charge in [-0.05, 0) is 18.1 Å². The molecule has 0 radical (unpaired) electrons. The monoisotopic (exact) mass is 295 g/mol. The van der Waals surface area contributed by atoms with Crippen LogP contribution in [0.5, 0.6) is 5.95 Å². The Morgan fingerprint density at radius 3 is 1.86 bits per heavy atom. The van der Waals surface area contributed by atoms with Crippen LogP contribution in [0.2, 0.25) is 0 Å². The van der Waals surface area contributed by atoms with Gasteiger partial charge in [-0.3, -0.25) is 4.57 Å². The van der Waals surface area contributed by atoms with E-state index in [9.17, 15) is 4.79 Å². The van der Waals surface area contributed by atoms with E-state index in [0.717, 1.165) is 11.1 Å². The Bertz CT molecular complexity index is 764. The summed E-state index contributed by atoms with van der Waals surface area (Å²) in [7, 11) is 1.50. The molecule has 0 unspecified atom stereocenters. The Hall–Kier alpha value is -2.75. The topological polar surface area (TPSA) is 44.4 Å². The van der Waals surface area contributed by atoms with Crippen molar-refractivity contribution in [2.24, 2.45) is 0 Å². The molecule has 112 valence electrons. The number of hydrogen-bond donors (Lipinski definition) is 0. The highest BCUT2D eigenvalue weighted by atomic mass is 16.6. The van der Waals surface area contributed by atoms with Gasteiger partial charge in [-0.15, -0.1) is 0 Å². The maximum Gasteiger partial charge on any atom is 0.423 e. The van der Waals surface area contributed by atoms with Crippen molar-refractivity contribution in [1.29, 1.82) is 0 Å². The zero-order valence-electron chi connectivity index (χ0n) is 12.5. The van der Waals surface area contributed by atoms with Gasteiger partial charge >= 0.3 is 11.7 Å². The average molecular weight is 295 g/mol. The van der Waals surface area contributed by atoms with Gasteiger partial charge in [0.2, 0.25) is 0 Å². The van der Waals surface area contributed by atoms with Crippen LogP contribution in [0.4, 0.5) is 0 Å². The summed E-state index contributed by atoms with van der Waals surface area (Å²) in [6.07, 6.45) is 0. The van der Waals surface area contributed by atoms with Crippen molar-refractivity contribution in [3.63, 3.8) is 0 Å². The van der Waals surface area contributed by atoms with Gasteiger partial charge in [0.1, 0.15) is 5.69 Å². The minimum atomic E-state index is -0.424. The largest absolute Gasteiger partial charge is 0.467 e. The molecule has 1 aromatic heterocycles. The molecule has 0 spiro atoms. The number of ether oxygens (including phenoxy) is 1. The summed E-state index contributed by atoms with van der Waals surface area (Å²) in [6, 6.07) is 19.5. The predicted octanol–water partition coefficient (Wildman–Crippen LogP) is 3.40. The molecule has 4 heteroatoms. The van der Waals surface area contributed by atoms with Crippen LogP contribution in [-0.2, 0) is 0 Å². The molecule has 0 aliphatic rings. The number of methoxy groups -OCH3 is 1. The number of rotatable bonds is 4.